The van der Waals surface area contributed by atoms with Crippen molar-refractivity contribution >= 4 is 6.29 Å². The fourth-order valence-corrected chi connectivity index (χ4v) is 1.70. The summed E-state index contributed by atoms with van der Waals surface area (Å²) >= 11 is 0. The number of aldehydes is 1. The fraction of sp³-hybridized carbons (Fsp3) is 0.167. The average molecular weight is 232 g/mol. The number of aliphatic hydroxyl groups excluding tert-OH is 1. The number of H-pyrrole nitrogens is 1. The van der Waals surface area contributed by atoms with Crippen LogP contribution >= 0.6 is 0 Å². The summed E-state index contributed by atoms with van der Waals surface area (Å²) in [6.07, 6.45) is 2.95. The molecule has 0 fully saturated rings. The van der Waals surface area contributed by atoms with Gasteiger partial charge in [-0.05, 0) is 17.7 Å². The summed E-state index contributed by atoms with van der Waals surface area (Å²) in [6.45, 7) is 0. The van der Waals surface area contributed by atoms with Crippen LogP contribution in [0.4, 0.5) is 0 Å². The number of aromatic nitrogens is 2. The van der Waals surface area contributed by atoms with Gasteiger partial charge >= 0.3 is 0 Å². The zero-order chi connectivity index (χ0) is 12.4. The van der Waals surface area contributed by atoms with Gasteiger partial charge in [0.1, 0.15) is 6.10 Å². The summed E-state index contributed by atoms with van der Waals surface area (Å²) in [5.74, 6) is 0. The first-order chi connectivity index (χ1) is 8.11. The Morgan fingerprint density at radius 2 is 2.18 bits per heavy atom. The van der Waals surface area contributed by atoms with E-state index < -0.39 is 6.10 Å². The number of carbonyl (C=O) groups is 1. The van der Waals surface area contributed by atoms with E-state index in [1.165, 1.54) is 12.3 Å². The molecule has 5 nitrogen and oxygen atoms in total. The third kappa shape index (κ3) is 2.19. The molecule has 2 rings (SSSR count). The lowest BCUT2D eigenvalue weighted by Gasteiger charge is -2.07. The summed E-state index contributed by atoms with van der Waals surface area (Å²) in [4.78, 5) is 24.3. The molecule has 1 unspecified atom stereocenters. The van der Waals surface area contributed by atoms with Gasteiger partial charge in [-0.1, -0.05) is 0 Å². The average Bonchev–Trinajstić information content (AvgIpc) is 2.69. The van der Waals surface area contributed by atoms with Gasteiger partial charge in [0.25, 0.3) is 0 Å². The Bertz CT molecular complexity index is 598. The van der Waals surface area contributed by atoms with Crippen LogP contribution in [0.1, 0.15) is 27.7 Å². The molecule has 2 N–H and O–H groups in total. The summed E-state index contributed by atoms with van der Waals surface area (Å²) in [6, 6.07) is 4.55. The van der Waals surface area contributed by atoms with Crippen molar-refractivity contribution in [1.29, 1.82) is 0 Å². The van der Waals surface area contributed by atoms with E-state index in [4.69, 9.17) is 0 Å². The van der Waals surface area contributed by atoms with Crippen LogP contribution in [0.5, 0.6) is 0 Å². The third-order valence-electron chi connectivity index (χ3n) is 2.62. The van der Waals surface area contributed by atoms with Crippen LogP contribution in [0.3, 0.4) is 0 Å². The molecule has 1 atom stereocenters. The molecular formula is C12H12N2O3. The monoisotopic (exact) mass is 232 g/mol. The maximum atomic E-state index is 11.1. The number of nitrogens with zero attached hydrogens (tertiary/aromatic N) is 1. The second-order valence-corrected chi connectivity index (χ2v) is 3.82. The van der Waals surface area contributed by atoms with Gasteiger partial charge in [0.15, 0.2) is 6.29 Å². The van der Waals surface area contributed by atoms with E-state index in [9.17, 15) is 14.7 Å². The van der Waals surface area contributed by atoms with Gasteiger partial charge in [-0.3, -0.25) is 9.59 Å². The molecule has 0 aliphatic heterocycles. The Labute approximate surface area is 97.3 Å². The Morgan fingerprint density at radius 1 is 1.41 bits per heavy atom. The minimum Gasteiger partial charge on any atom is -0.384 e. The van der Waals surface area contributed by atoms with Crippen molar-refractivity contribution in [3.05, 3.63) is 57.8 Å². The molecule has 2 heterocycles. The summed E-state index contributed by atoms with van der Waals surface area (Å²) in [5.41, 5.74) is 1.29. The van der Waals surface area contributed by atoms with E-state index >= 15 is 0 Å². The normalized spacial score (nSPS) is 12.4. The van der Waals surface area contributed by atoms with Crippen LogP contribution in [-0.2, 0) is 7.05 Å². The summed E-state index contributed by atoms with van der Waals surface area (Å²) in [5, 5.41) is 10.1. The third-order valence-corrected chi connectivity index (χ3v) is 2.62. The van der Waals surface area contributed by atoms with Crippen molar-refractivity contribution in [1.82, 2.24) is 9.55 Å². The smallest absolute Gasteiger partial charge is 0.248 e. The van der Waals surface area contributed by atoms with Gasteiger partial charge in [-0.15, -0.1) is 0 Å². The Kier molecular flexibility index (Phi) is 2.93. The summed E-state index contributed by atoms with van der Waals surface area (Å²) in [7, 11) is 1.72. The van der Waals surface area contributed by atoms with Gasteiger partial charge in [-0.2, -0.15) is 0 Å². The molecule has 0 saturated carbocycles. The number of aryl methyl sites for hydroxylation is 1. The van der Waals surface area contributed by atoms with Crippen molar-refractivity contribution in [3.63, 3.8) is 0 Å². The predicted molar refractivity (Wildman–Crippen MR) is 61.9 cm³/mol. The number of aromatic amines is 1. The second-order valence-electron chi connectivity index (χ2n) is 3.82. The Balaban J connectivity index is 2.39. The van der Waals surface area contributed by atoms with E-state index in [0.717, 1.165) is 0 Å². The largest absolute Gasteiger partial charge is 0.384 e. The predicted octanol–water partition coefficient (Wildman–Crippen LogP) is 0.608. The molecule has 0 amide bonds. The molecule has 0 aliphatic carbocycles. The maximum Gasteiger partial charge on any atom is 0.248 e. The SMILES string of the molecule is Cn1cc(C(O)c2cc[nH]c(=O)c2)cc1C=O. The number of carbonyl (C=O) groups excluding carboxylic acids is 1. The van der Waals surface area contributed by atoms with E-state index in [1.54, 1.807) is 29.9 Å². The Morgan fingerprint density at radius 3 is 2.76 bits per heavy atom. The van der Waals surface area contributed by atoms with E-state index in [1.807, 2.05) is 0 Å². The van der Waals surface area contributed by atoms with Gasteiger partial charge in [-0.25, -0.2) is 0 Å². The van der Waals surface area contributed by atoms with E-state index in [0.29, 0.717) is 23.1 Å². The molecule has 5 heteroatoms. The highest BCUT2D eigenvalue weighted by Crippen LogP contribution is 2.21. The van der Waals surface area contributed by atoms with Gasteiger partial charge in [0.2, 0.25) is 5.56 Å². The molecule has 0 aliphatic rings. The highest BCUT2D eigenvalue weighted by molar-refractivity contribution is 5.73. The van der Waals surface area contributed by atoms with Crippen LogP contribution in [0.15, 0.2) is 35.4 Å². The van der Waals surface area contributed by atoms with Gasteiger partial charge in [0.05, 0.1) is 5.69 Å². The molecule has 0 spiro atoms. The highest BCUT2D eigenvalue weighted by atomic mass is 16.3. The van der Waals surface area contributed by atoms with E-state index in [-0.39, 0.29) is 5.56 Å². The first-order valence-electron chi connectivity index (χ1n) is 5.10. The van der Waals surface area contributed by atoms with Crippen molar-refractivity contribution in [2.75, 3.05) is 0 Å². The molecule has 0 aromatic carbocycles. The summed E-state index contributed by atoms with van der Waals surface area (Å²) < 4.78 is 1.62. The zero-order valence-corrected chi connectivity index (χ0v) is 9.25. The molecule has 0 bridgehead atoms. The first-order valence-corrected chi connectivity index (χ1v) is 5.10. The zero-order valence-electron chi connectivity index (χ0n) is 9.25. The van der Waals surface area contributed by atoms with Crippen LogP contribution in [0, 0.1) is 0 Å². The number of aliphatic hydroxyl groups is 1. The topological polar surface area (TPSA) is 75.1 Å². The maximum absolute atomic E-state index is 11.1. The van der Waals surface area contributed by atoms with E-state index in [2.05, 4.69) is 4.98 Å². The minimum absolute atomic E-state index is 0.270. The lowest BCUT2D eigenvalue weighted by molar-refractivity contribution is 0.111. The minimum atomic E-state index is -0.905. The standard InChI is InChI=1S/C12H12N2O3/c1-14-6-9(4-10(14)7-15)12(17)8-2-3-13-11(16)5-8/h2-7,12,17H,1H3,(H,13,16). The van der Waals surface area contributed by atoms with Gasteiger partial charge in [0, 0.05) is 31.1 Å². The quantitative estimate of drug-likeness (QED) is 0.761. The number of rotatable bonds is 3. The molecule has 2 aromatic heterocycles. The molecule has 2 aromatic rings. The lowest BCUT2D eigenvalue weighted by Crippen LogP contribution is -2.07. The van der Waals surface area contributed by atoms with Crippen molar-refractivity contribution in [2.45, 2.75) is 6.10 Å². The van der Waals surface area contributed by atoms with Crippen LogP contribution in [0.25, 0.3) is 0 Å². The van der Waals surface area contributed by atoms with Gasteiger partial charge < -0.3 is 14.7 Å². The molecule has 0 radical (unpaired) electrons. The van der Waals surface area contributed by atoms with Crippen molar-refractivity contribution in [2.24, 2.45) is 7.05 Å². The number of hydrogen-bond acceptors (Lipinski definition) is 3. The molecular weight excluding hydrogens is 220 g/mol. The first kappa shape index (κ1) is 11.3. The number of hydrogen-bond donors (Lipinski definition) is 2. The van der Waals surface area contributed by atoms with Crippen molar-refractivity contribution in [3.8, 4) is 0 Å². The lowest BCUT2D eigenvalue weighted by atomic mass is 10.1. The van der Waals surface area contributed by atoms with Crippen LogP contribution in [0.2, 0.25) is 0 Å². The van der Waals surface area contributed by atoms with Crippen LogP contribution in [-0.4, -0.2) is 20.9 Å². The molecule has 88 valence electrons. The number of nitrogens with one attached hydrogen (secondary N) is 1. The van der Waals surface area contributed by atoms with Crippen molar-refractivity contribution < 1.29 is 9.90 Å². The number of pyridine rings is 1. The Hall–Kier alpha value is -2.14. The fourth-order valence-electron chi connectivity index (χ4n) is 1.70. The molecule has 0 saturated heterocycles. The second kappa shape index (κ2) is 4.39. The highest BCUT2D eigenvalue weighted by Gasteiger charge is 2.13. The van der Waals surface area contributed by atoms with Crippen LogP contribution < -0.4 is 5.56 Å². The molecule has 17 heavy (non-hydrogen) atoms.